The van der Waals surface area contributed by atoms with Crippen LogP contribution in [-0.2, 0) is 24.9 Å². The quantitative estimate of drug-likeness (QED) is 0.602. The number of imidazole rings is 1. The molecule has 7 heteroatoms. The molecule has 4 rings (SSSR count). The Balaban J connectivity index is 1.51. The van der Waals surface area contributed by atoms with Crippen molar-refractivity contribution in [2.75, 3.05) is 0 Å². The van der Waals surface area contributed by atoms with E-state index in [-0.39, 0.29) is 18.0 Å². The number of carbonyl (C=O) groups excluding carboxylic acids is 1. The van der Waals surface area contributed by atoms with Gasteiger partial charge in [0.05, 0.1) is 34.8 Å². The molecule has 2 aromatic carbocycles. The number of carbonyl (C=O) groups is 1. The molecule has 27 heavy (non-hydrogen) atoms. The van der Waals surface area contributed by atoms with Crippen LogP contribution in [0.5, 0.6) is 0 Å². The van der Waals surface area contributed by atoms with Crippen molar-refractivity contribution < 1.29 is 4.79 Å². The maximum absolute atomic E-state index is 12.6. The molecule has 0 atom stereocenters. The van der Waals surface area contributed by atoms with Crippen LogP contribution in [0.15, 0.2) is 53.6 Å². The zero-order chi connectivity index (χ0) is 19.0. The molecule has 1 N–H and O–H groups in total. The summed E-state index contributed by atoms with van der Waals surface area (Å²) in [6.45, 7) is 2.11. The normalized spacial score (nSPS) is 11.2. The Morgan fingerprint density at radius 3 is 2.78 bits per heavy atom. The number of nitrogens with zero attached hydrogens (tertiary/aromatic N) is 4. The van der Waals surface area contributed by atoms with Crippen LogP contribution in [0.3, 0.4) is 0 Å². The van der Waals surface area contributed by atoms with Gasteiger partial charge in [-0.1, -0.05) is 24.3 Å². The fraction of sp³-hybridized carbons (Fsp3) is 0.200. The van der Waals surface area contributed by atoms with Gasteiger partial charge in [-0.25, -0.2) is 9.97 Å². The van der Waals surface area contributed by atoms with E-state index < -0.39 is 0 Å². The second-order valence-corrected chi connectivity index (χ2v) is 6.50. The van der Waals surface area contributed by atoms with Gasteiger partial charge >= 0.3 is 0 Å². The predicted molar refractivity (Wildman–Crippen MR) is 103 cm³/mol. The van der Waals surface area contributed by atoms with Gasteiger partial charge in [0.25, 0.3) is 5.56 Å². The van der Waals surface area contributed by atoms with Gasteiger partial charge in [-0.2, -0.15) is 0 Å². The van der Waals surface area contributed by atoms with Crippen LogP contribution in [0.25, 0.3) is 21.9 Å². The predicted octanol–water partition coefficient (Wildman–Crippen LogP) is 1.91. The zero-order valence-corrected chi connectivity index (χ0v) is 15.1. The molecule has 4 aromatic rings. The van der Waals surface area contributed by atoms with Crippen molar-refractivity contribution in [2.45, 2.75) is 20.0 Å². The van der Waals surface area contributed by atoms with Crippen molar-refractivity contribution >= 4 is 27.8 Å². The topological polar surface area (TPSA) is 81.8 Å². The third-order valence-corrected chi connectivity index (χ3v) is 4.69. The molecule has 1 amide bonds. The molecule has 0 unspecified atom stereocenters. The molecule has 0 spiro atoms. The molecule has 7 nitrogen and oxygen atoms in total. The van der Waals surface area contributed by atoms with Crippen LogP contribution < -0.4 is 10.9 Å². The van der Waals surface area contributed by atoms with Gasteiger partial charge in [-0.15, -0.1) is 0 Å². The van der Waals surface area contributed by atoms with E-state index in [1.54, 1.807) is 6.07 Å². The molecule has 0 radical (unpaired) electrons. The fourth-order valence-corrected chi connectivity index (χ4v) is 3.19. The van der Waals surface area contributed by atoms with Crippen molar-refractivity contribution in [3.05, 3.63) is 70.5 Å². The first-order valence-electron chi connectivity index (χ1n) is 8.66. The van der Waals surface area contributed by atoms with Crippen molar-refractivity contribution in [1.29, 1.82) is 0 Å². The average Bonchev–Trinajstić information content (AvgIpc) is 2.99. The summed E-state index contributed by atoms with van der Waals surface area (Å²) in [5.41, 5.74) is 3.27. The summed E-state index contributed by atoms with van der Waals surface area (Å²) < 4.78 is 3.27. The highest BCUT2D eigenvalue weighted by atomic mass is 16.2. The molecule has 0 fully saturated rings. The molecule has 0 bridgehead atoms. The molecular weight excluding hydrogens is 342 g/mol. The molecule has 0 saturated carbocycles. The summed E-state index contributed by atoms with van der Waals surface area (Å²) in [6.07, 6.45) is 1.42. The van der Waals surface area contributed by atoms with Gasteiger partial charge in [0.2, 0.25) is 5.91 Å². The maximum atomic E-state index is 12.6. The Morgan fingerprint density at radius 2 is 1.96 bits per heavy atom. The average molecular weight is 361 g/mol. The summed E-state index contributed by atoms with van der Waals surface area (Å²) in [5.74, 6) is 0.488. The minimum absolute atomic E-state index is 0.0837. The summed E-state index contributed by atoms with van der Waals surface area (Å²) >= 11 is 0. The first-order chi connectivity index (χ1) is 13.0. The van der Waals surface area contributed by atoms with Crippen molar-refractivity contribution in [1.82, 2.24) is 24.4 Å². The highest BCUT2D eigenvalue weighted by Crippen LogP contribution is 2.14. The standard InChI is InChI=1S/C20H19N5O2/c1-13-6-5-7-14-19(13)22-12-25(20(14)27)11-18(26)21-10-17-23-15-8-3-4-9-16(15)24(17)2/h3-9,12H,10-11H2,1-2H3,(H,21,26). The van der Waals surface area contributed by atoms with E-state index in [4.69, 9.17) is 0 Å². The number of amides is 1. The molecule has 0 aliphatic heterocycles. The highest BCUT2D eigenvalue weighted by molar-refractivity contribution is 5.81. The second kappa shape index (κ2) is 6.68. The number of aryl methyl sites for hydroxylation is 2. The number of aromatic nitrogens is 4. The van der Waals surface area contributed by atoms with E-state index in [1.807, 2.05) is 54.9 Å². The third-order valence-electron chi connectivity index (χ3n) is 4.69. The van der Waals surface area contributed by atoms with Gasteiger partial charge in [0.1, 0.15) is 12.4 Å². The lowest BCUT2D eigenvalue weighted by molar-refractivity contribution is -0.121. The largest absolute Gasteiger partial charge is 0.347 e. The minimum atomic E-state index is -0.266. The summed E-state index contributed by atoms with van der Waals surface area (Å²) in [5, 5.41) is 3.34. The molecule has 136 valence electrons. The SMILES string of the molecule is Cc1cccc2c(=O)n(CC(=O)NCc3nc4ccccc4n3C)cnc12. The van der Waals surface area contributed by atoms with E-state index in [9.17, 15) is 9.59 Å². The molecule has 0 aliphatic carbocycles. The smallest absolute Gasteiger partial charge is 0.261 e. The lowest BCUT2D eigenvalue weighted by Crippen LogP contribution is -2.32. The van der Waals surface area contributed by atoms with Gasteiger partial charge in [0.15, 0.2) is 0 Å². The Labute approximate surface area is 155 Å². The number of hydrogen-bond acceptors (Lipinski definition) is 4. The first kappa shape index (κ1) is 17.0. The van der Waals surface area contributed by atoms with Crippen LogP contribution in [0.1, 0.15) is 11.4 Å². The fourth-order valence-electron chi connectivity index (χ4n) is 3.19. The Morgan fingerprint density at radius 1 is 1.15 bits per heavy atom. The number of fused-ring (bicyclic) bond motifs is 2. The Kier molecular flexibility index (Phi) is 4.19. The van der Waals surface area contributed by atoms with E-state index in [0.717, 1.165) is 22.4 Å². The van der Waals surface area contributed by atoms with Crippen LogP contribution >= 0.6 is 0 Å². The van der Waals surface area contributed by atoms with Crippen LogP contribution in [-0.4, -0.2) is 25.0 Å². The Hall–Kier alpha value is -3.48. The minimum Gasteiger partial charge on any atom is -0.347 e. The highest BCUT2D eigenvalue weighted by Gasteiger charge is 2.11. The van der Waals surface area contributed by atoms with E-state index in [0.29, 0.717) is 17.4 Å². The molecule has 0 saturated heterocycles. The lowest BCUT2D eigenvalue weighted by atomic mass is 10.1. The molecular formula is C20H19N5O2. The third kappa shape index (κ3) is 3.08. The van der Waals surface area contributed by atoms with Crippen LogP contribution in [0.2, 0.25) is 0 Å². The van der Waals surface area contributed by atoms with E-state index in [2.05, 4.69) is 15.3 Å². The second-order valence-electron chi connectivity index (χ2n) is 6.50. The first-order valence-corrected chi connectivity index (χ1v) is 8.66. The lowest BCUT2D eigenvalue weighted by Gasteiger charge is -2.09. The van der Waals surface area contributed by atoms with Crippen LogP contribution in [0.4, 0.5) is 0 Å². The van der Waals surface area contributed by atoms with Crippen LogP contribution in [0, 0.1) is 6.92 Å². The van der Waals surface area contributed by atoms with Gasteiger partial charge in [-0.3, -0.25) is 14.2 Å². The number of rotatable bonds is 4. The maximum Gasteiger partial charge on any atom is 0.261 e. The summed E-state index contributed by atoms with van der Waals surface area (Å²) in [6, 6.07) is 13.2. The summed E-state index contributed by atoms with van der Waals surface area (Å²) in [4.78, 5) is 33.8. The van der Waals surface area contributed by atoms with Gasteiger partial charge in [0, 0.05) is 7.05 Å². The molecule has 2 aromatic heterocycles. The summed E-state index contributed by atoms with van der Waals surface area (Å²) in [7, 11) is 1.91. The Bertz CT molecular complexity index is 1220. The molecule has 2 heterocycles. The number of nitrogens with one attached hydrogen (secondary N) is 1. The monoisotopic (exact) mass is 361 g/mol. The van der Waals surface area contributed by atoms with Gasteiger partial charge in [-0.05, 0) is 30.7 Å². The zero-order valence-electron chi connectivity index (χ0n) is 15.1. The number of hydrogen-bond donors (Lipinski definition) is 1. The van der Waals surface area contributed by atoms with Crippen molar-refractivity contribution in [3.8, 4) is 0 Å². The number of para-hydroxylation sites is 3. The van der Waals surface area contributed by atoms with E-state index >= 15 is 0 Å². The van der Waals surface area contributed by atoms with Crippen molar-refractivity contribution in [3.63, 3.8) is 0 Å². The van der Waals surface area contributed by atoms with Crippen molar-refractivity contribution in [2.24, 2.45) is 7.05 Å². The number of benzene rings is 2. The van der Waals surface area contributed by atoms with E-state index in [1.165, 1.54) is 10.9 Å². The van der Waals surface area contributed by atoms with Gasteiger partial charge < -0.3 is 9.88 Å². The molecule has 0 aliphatic rings.